The van der Waals surface area contributed by atoms with Gasteiger partial charge < -0.3 is 10.1 Å². The van der Waals surface area contributed by atoms with Crippen molar-refractivity contribution < 1.29 is 9.13 Å². The Labute approximate surface area is 139 Å². The minimum atomic E-state index is -0.204. The predicted molar refractivity (Wildman–Crippen MR) is 88.5 cm³/mol. The molecule has 122 valence electrons. The van der Waals surface area contributed by atoms with Crippen LogP contribution in [0.25, 0.3) is 0 Å². The number of benzene rings is 1. The topological polar surface area (TPSA) is 47.0 Å². The van der Waals surface area contributed by atoms with Gasteiger partial charge in [-0.2, -0.15) is 0 Å². The summed E-state index contributed by atoms with van der Waals surface area (Å²) in [6.45, 7) is 2.13. The number of halogens is 1. The molecular formula is C17H20FN3OS. The highest BCUT2D eigenvalue weighted by Gasteiger charge is 2.37. The summed E-state index contributed by atoms with van der Waals surface area (Å²) in [5.41, 5.74) is 1.00. The van der Waals surface area contributed by atoms with Crippen molar-refractivity contribution in [2.75, 3.05) is 25.1 Å². The smallest absolute Gasteiger partial charge is 0.205 e. The van der Waals surface area contributed by atoms with Crippen LogP contribution in [0.3, 0.4) is 0 Å². The van der Waals surface area contributed by atoms with E-state index in [2.05, 4.69) is 15.5 Å². The van der Waals surface area contributed by atoms with E-state index in [-0.39, 0.29) is 11.2 Å². The van der Waals surface area contributed by atoms with Gasteiger partial charge in [-0.15, -0.1) is 10.2 Å². The van der Waals surface area contributed by atoms with Crippen LogP contribution >= 0.6 is 11.3 Å². The average Bonchev–Trinajstić information content (AvgIpc) is 3.14. The zero-order chi connectivity index (χ0) is 15.7. The second-order valence-corrected chi connectivity index (χ2v) is 7.53. The highest BCUT2D eigenvalue weighted by molar-refractivity contribution is 7.15. The van der Waals surface area contributed by atoms with E-state index in [4.69, 9.17) is 4.74 Å². The van der Waals surface area contributed by atoms with Gasteiger partial charge in [0.1, 0.15) is 10.8 Å². The van der Waals surface area contributed by atoms with Crippen LogP contribution in [0.5, 0.6) is 0 Å². The summed E-state index contributed by atoms with van der Waals surface area (Å²) < 4.78 is 18.8. The summed E-state index contributed by atoms with van der Waals surface area (Å²) in [5.74, 6) is 0.411. The van der Waals surface area contributed by atoms with Gasteiger partial charge in [0.15, 0.2) is 0 Å². The molecule has 0 unspecified atom stereocenters. The molecule has 4 nitrogen and oxygen atoms in total. The number of nitrogens with zero attached hydrogens (tertiary/aromatic N) is 2. The average molecular weight is 333 g/mol. The summed E-state index contributed by atoms with van der Waals surface area (Å²) in [5, 5.41) is 14.1. The van der Waals surface area contributed by atoms with Crippen molar-refractivity contribution in [2.24, 2.45) is 0 Å². The van der Waals surface area contributed by atoms with Crippen LogP contribution in [0.4, 0.5) is 9.52 Å². The highest BCUT2D eigenvalue weighted by Crippen LogP contribution is 2.39. The Bertz CT molecular complexity index is 663. The molecule has 0 amide bonds. The molecule has 4 rings (SSSR count). The van der Waals surface area contributed by atoms with Gasteiger partial charge in [-0.3, -0.25) is 0 Å². The molecule has 1 aliphatic carbocycles. The second-order valence-electron chi connectivity index (χ2n) is 6.52. The first-order valence-electron chi connectivity index (χ1n) is 8.16. The van der Waals surface area contributed by atoms with Crippen LogP contribution in [-0.2, 0) is 10.2 Å². The summed E-state index contributed by atoms with van der Waals surface area (Å²) >= 11 is 1.66. The Morgan fingerprint density at radius 1 is 1.26 bits per heavy atom. The molecule has 2 heterocycles. The quantitative estimate of drug-likeness (QED) is 0.906. The molecule has 2 aliphatic rings. The van der Waals surface area contributed by atoms with Gasteiger partial charge in [0.2, 0.25) is 5.13 Å². The SMILES string of the molecule is Fc1ccc([C@]2(CNc3nnc(C4CCC4)s3)CCOC2)cc1. The third-order valence-electron chi connectivity index (χ3n) is 5.03. The number of ether oxygens (including phenoxy) is 1. The zero-order valence-electron chi connectivity index (χ0n) is 12.9. The van der Waals surface area contributed by atoms with E-state index >= 15 is 0 Å². The maximum Gasteiger partial charge on any atom is 0.205 e. The number of aromatic nitrogens is 2. The lowest BCUT2D eigenvalue weighted by Gasteiger charge is -2.28. The van der Waals surface area contributed by atoms with Crippen LogP contribution in [0.15, 0.2) is 24.3 Å². The molecule has 2 fully saturated rings. The second kappa shape index (κ2) is 6.17. The van der Waals surface area contributed by atoms with Crippen LogP contribution in [0, 0.1) is 5.82 Å². The molecule has 1 aromatic carbocycles. The molecular weight excluding hydrogens is 313 g/mol. The fourth-order valence-corrected chi connectivity index (χ4v) is 4.16. The molecule has 0 bridgehead atoms. The third-order valence-corrected chi connectivity index (χ3v) is 6.08. The van der Waals surface area contributed by atoms with E-state index in [1.54, 1.807) is 11.3 Å². The number of anilines is 1. The largest absolute Gasteiger partial charge is 0.380 e. The first kappa shape index (κ1) is 15.0. The normalized spacial score (nSPS) is 24.6. The Hall–Kier alpha value is -1.53. The first-order valence-corrected chi connectivity index (χ1v) is 8.98. The van der Waals surface area contributed by atoms with Crippen molar-refractivity contribution in [1.29, 1.82) is 0 Å². The maximum absolute atomic E-state index is 13.2. The van der Waals surface area contributed by atoms with Gasteiger partial charge in [-0.1, -0.05) is 29.9 Å². The van der Waals surface area contributed by atoms with E-state index in [0.29, 0.717) is 12.5 Å². The van der Waals surface area contributed by atoms with E-state index in [1.165, 1.54) is 31.4 Å². The molecule has 6 heteroatoms. The van der Waals surface area contributed by atoms with E-state index < -0.39 is 0 Å². The van der Waals surface area contributed by atoms with Crippen molar-refractivity contribution in [3.05, 3.63) is 40.7 Å². The lowest BCUT2D eigenvalue weighted by Crippen LogP contribution is -2.35. The summed E-state index contributed by atoms with van der Waals surface area (Å²) in [4.78, 5) is 0. The standard InChI is InChI=1S/C17H20FN3OS/c18-14-6-4-13(5-7-14)17(8-9-22-11-17)10-19-16-21-20-15(23-16)12-2-1-3-12/h4-7,12H,1-3,8-11H2,(H,19,21)/t17-/m0/s1. The fourth-order valence-electron chi connectivity index (χ4n) is 3.25. The van der Waals surface area contributed by atoms with Crippen molar-refractivity contribution >= 4 is 16.5 Å². The third kappa shape index (κ3) is 2.97. The number of nitrogens with one attached hydrogen (secondary N) is 1. The number of hydrogen-bond acceptors (Lipinski definition) is 5. The van der Waals surface area contributed by atoms with E-state index in [1.807, 2.05) is 12.1 Å². The molecule has 0 spiro atoms. The van der Waals surface area contributed by atoms with Crippen LogP contribution in [0.2, 0.25) is 0 Å². The Balaban J connectivity index is 1.48. The summed E-state index contributed by atoms with van der Waals surface area (Å²) in [7, 11) is 0. The Kier molecular flexibility index (Phi) is 4.03. The molecule has 23 heavy (non-hydrogen) atoms. The molecule has 1 saturated carbocycles. The molecule has 1 aliphatic heterocycles. The van der Waals surface area contributed by atoms with Crippen molar-refractivity contribution in [3.8, 4) is 0 Å². The minimum absolute atomic E-state index is 0.115. The fraction of sp³-hybridized carbons (Fsp3) is 0.529. The zero-order valence-corrected chi connectivity index (χ0v) is 13.7. The van der Waals surface area contributed by atoms with Gasteiger partial charge >= 0.3 is 0 Å². The van der Waals surface area contributed by atoms with Crippen molar-refractivity contribution in [1.82, 2.24) is 10.2 Å². The van der Waals surface area contributed by atoms with Gasteiger partial charge in [-0.05, 0) is 37.0 Å². The van der Waals surface area contributed by atoms with Crippen molar-refractivity contribution in [2.45, 2.75) is 37.0 Å². The van der Waals surface area contributed by atoms with E-state index in [9.17, 15) is 4.39 Å². The van der Waals surface area contributed by atoms with Gasteiger partial charge in [-0.25, -0.2) is 4.39 Å². The molecule has 1 saturated heterocycles. The minimum Gasteiger partial charge on any atom is -0.380 e. The molecule has 2 aromatic rings. The maximum atomic E-state index is 13.2. The van der Waals surface area contributed by atoms with Gasteiger partial charge in [0.25, 0.3) is 0 Å². The Morgan fingerprint density at radius 2 is 2.09 bits per heavy atom. The highest BCUT2D eigenvalue weighted by atomic mass is 32.1. The molecule has 1 N–H and O–H groups in total. The Morgan fingerprint density at radius 3 is 2.74 bits per heavy atom. The summed E-state index contributed by atoms with van der Waals surface area (Å²) in [6, 6.07) is 6.78. The lowest BCUT2D eigenvalue weighted by molar-refractivity contribution is 0.179. The molecule has 1 aromatic heterocycles. The van der Waals surface area contributed by atoms with Crippen molar-refractivity contribution in [3.63, 3.8) is 0 Å². The van der Waals surface area contributed by atoms with Gasteiger partial charge in [0, 0.05) is 24.5 Å². The predicted octanol–water partition coefficient (Wildman–Crippen LogP) is 3.71. The lowest BCUT2D eigenvalue weighted by atomic mass is 9.80. The summed E-state index contributed by atoms with van der Waals surface area (Å²) in [6.07, 6.45) is 4.71. The molecule has 0 radical (unpaired) electrons. The number of hydrogen-bond donors (Lipinski definition) is 1. The van der Waals surface area contributed by atoms with Gasteiger partial charge in [0.05, 0.1) is 6.61 Å². The molecule has 1 atom stereocenters. The van der Waals surface area contributed by atoms with E-state index in [0.717, 1.165) is 35.3 Å². The first-order chi connectivity index (χ1) is 11.3. The van der Waals surface area contributed by atoms with Crippen LogP contribution in [0.1, 0.15) is 42.2 Å². The number of rotatable bonds is 5. The van der Waals surface area contributed by atoms with Crippen LogP contribution < -0.4 is 5.32 Å². The van der Waals surface area contributed by atoms with Crippen LogP contribution in [-0.4, -0.2) is 30.0 Å². The monoisotopic (exact) mass is 333 g/mol.